The average Bonchev–Trinajstić information content (AvgIpc) is 2.69. The van der Waals surface area contributed by atoms with Crippen LogP contribution in [0.2, 0.25) is 0 Å². The highest BCUT2D eigenvalue weighted by Gasteiger charge is 2.28. The van der Waals surface area contributed by atoms with Crippen molar-refractivity contribution in [1.29, 1.82) is 0 Å². The van der Waals surface area contributed by atoms with E-state index in [2.05, 4.69) is 10.6 Å². The summed E-state index contributed by atoms with van der Waals surface area (Å²) in [5.41, 5.74) is 6.65. The van der Waals surface area contributed by atoms with Crippen LogP contribution in [-0.2, 0) is 25.6 Å². The molecule has 0 heterocycles. The molecule has 1 rings (SSSR count). The van der Waals surface area contributed by atoms with Crippen LogP contribution in [-0.4, -0.2) is 69.2 Å². The lowest BCUT2D eigenvalue weighted by molar-refractivity contribution is -0.143. The fraction of sp³-hybridized carbons (Fsp3) is 0.474. The van der Waals surface area contributed by atoms with Crippen LogP contribution in [0, 0.1) is 0 Å². The van der Waals surface area contributed by atoms with Crippen LogP contribution in [0.5, 0.6) is 5.75 Å². The summed E-state index contributed by atoms with van der Waals surface area (Å²) in [6.07, 6.45) is 1.55. The molecule has 3 atom stereocenters. The summed E-state index contributed by atoms with van der Waals surface area (Å²) in [5, 5.41) is 32.1. The summed E-state index contributed by atoms with van der Waals surface area (Å²) in [6.45, 7) is 0. The number of nitrogens with two attached hydrogens (primary N) is 1. The van der Waals surface area contributed by atoms with E-state index < -0.39 is 48.3 Å². The van der Waals surface area contributed by atoms with Crippen LogP contribution in [0.15, 0.2) is 24.3 Å². The van der Waals surface area contributed by atoms with Crippen LogP contribution >= 0.6 is 11.8 Å². The van der Waals surface area contributed by atoms with Gasteiger partial charge in [-0.05, 0) is 49.0 Å². The smallest absolute Gasteiger partial charge is 0.326 e. The molecule has 166 valence electrons. The number of aromatic hydroxyl groups is 1. The molecule has 0 aliphatic carbocycles. The number of phenolic OH excluding ortho intramolecular Hbond substituents is 1. The molecule has 11 heteroatoms. The molecular formula is C19H27N3O7S. The Bertz CT molecular complexity index is 742. The molecule has 0 aromatic heterocycles. The minimum Gasteiger partial charge on any atom is -0.508 e. The van der Waals surface area contributed by atoms with Gasteiger partial charge >= 0.3 is 11.9 Å². The maximum Gasteiger partial charge on any atom is 0.326 e. The molecule has 0 radical (unpaired) electrons. The number of amides is 2. The molecule has 1 aromatic rings. The number of benzene rings is 1. The van der Waals surface area contributed by atoms with Crippen molar-refractivity contribution in [2.24, 2.45) is 5.73 Å². The van der Waals surface area contributed by atoms with Gasteiger partial charge in [0.2, 0.25) is 11.8 Å². The van der Waals surface area contributed by atoms with E-state index in [1.807, 2.05) is 6.26 Å². The molecule has 0 spiro atoms. The van der Waals surface area contributed by atoms with Crippen molar-refractivity contribution < 1.29 is 34.5 Å². The molecule has 1 aromatic carbocycles. The summed E-state index contributed by atoms with van der Waals surface area (Å²) in [6, 6.07) is 2.84. The number of hydrogen-bond acceptors (Lipinski definition) is 7. The van der Waals surface area contributed by atoms with Crippen molar-refractivity contribution in [2.45, 2.75) is 43.8 Å². The SMILES string of the molecule is CSCC[C@H](NC(=O)[C@@H](N)Cc1ccc(O)cc1)C(=O)N[C@@H](CCC(=O)O)C(=O)O. The van der Waals surface area contributed by atoms with Crippen molar-refractivity contribution in [2.75, 3.05) is 12.0 Å². The highest BCUT2D eigenvalue weighted by atomic mass is 32.2. The number of thioether (sulfide) groups is 1. The number of carboxylic acid groups (broad SMARTS) is 2. The van der Waals surface area contributed by atoms with E-state index in [1.165, 1.54) is 23.9 Å². The second-order valence-electron chi connectivity index (χ2n) is 6.65. The fourth-order valence-corrected chi connectivity index (χ4v) is 3.03. The number of nitrogens with one attached hydrogen (secondary N) is 2. The molecule has 0 fully saturated rings. The first-order chi connectivity index (χ1) is 14.1. The number of carbonyl (C=O) groups is 4. The minimum atomic E-state index is -1.38. The molecule has 0 bridgehead atoms. The molecular weight excluding hydrogens is 414 g/mol. The Morgan fingerprint density at radius 2 is 1.60 bits per heavy atom. The molecule has 0 saturated carbocycles. The number of aliphatic carboxylic acids is 2. The van der Waals surface area contributed by atoms with Crippen LogP contribution in [0.25, 0.3) is 0 Å². The first-order valence-electron chi connectivity index (χ1n) is 9.21. The molecule has 0 saturated heterocycles. The van der Waals surface area contributed by atoms with E-state index in [0.717, 1.165) is 5.56 Å². The van der Waals surface area contributed by atoms with E-state index in [9.17, 15) is 29.4 Å². The van der Waals surface area contributed by atoms with Crippen LogP contribution in [0.3, 0.4) is 0 Å². The molecule has 30 heavy (non-hydrogen) atoms. The lowest BCUT2D eigenvalue weighted by Crippen LogP contribution is -2.55. The van der Waals surface area contributed by atoms with Gasteiger partial charge in [0.1, 0.15) is 17.8 Å². The Hall–Kier alpha value is -2.79. The lowest BCUT2D eigenvalue weighted by atomic mass is 10.0. The number of carbonyl (C=O) groups excluding carboxylic acids is 2. The first-order valence-corrected chi connectivity index (χ1v) is 10.6. The third-order valence-electron chi connectivity index (χ3n) is 4.23. The van der Waals surface area contributed by atoms with Crippen LogP contribution in [0.4, 0.5) is 0 Å². The normalized spacial score (nSPS) is 13.7. The summed E-state index contributed by atoms with van der Waals surface area (Å²) < 4.78 is 0. The van der Waals surface area contributed by atoms with Gasteiger partial charge in [0.15, 0.2) is 0 Å². The number of hydrogen-bond donors (Lipinski definition) is 6. The zero-order valence-electron chi connectivity index (χ0n) is 16.5. The van der Waals surface area contributed by atoms with Gasteiger partial charge in [-0.3, -0.25) is 14.4 Å². The van der Waals surface area contributed by atoms with E-state index >= 15 is 0 Å². The zero-order valence-corrected chi connectivity index (χ0v) is 17.4. The summed E-state index contributed by atoms with van der Waals surface area (Å²) in [5.74, 6) is -3.22. The predicted octanol–water partition coefficient (Wildman–Crippen LogP) is -0.0659. The highest BCUT2D eigenvalue weighted by Crippen LogP contribution is 2.11. The Labute approximate surface area is 178 Å². The second-order valence-corrected chi connectivity index (χ2v) is 7.64. The second kappa shape index (κ2) is 12.7. The molecule has 7 N–H and O–H groups in total. The highest BCUT2D eigenvalue weighted by molar-refractivity contribution is 7.98. The van der Waals surface area contributed by atoms with Crippen molar-refractivity contribution in [3.63, 3.8) is 0 Å². The van der Waals surface area contributed by atoms with Gasteiger partial charge in [-0.1, -0.05) is 12.1 Å². The van der Waals surface area contributed by atoms with Crippen LogP contribution in [0.1, 0.15) is 24.8 Å². The Kier molecular flexibility index (Phi) is 10.7. The summed E-state index contributed by atoms with van der Waals surface area (Å²) >= 11 is 1.45. The fourth-order valence-electron chi connectivity index (χ4n) is 2.56. The Morgan fingerprint density at radius 1 is 1.00 bits per heavy atom. The predicted molar refractivity (Wildman–Crippen MR) is 111 cm³/mol. The van der Waals surface area contributed by atoms with Gasteiger partial charge in [0.05, 0.1) is 6.04 Å². The Morgan fingerprint density at radius 3 is 2.13 bits per heavy atom. The summed E-state index contributed by atoms with van der Waals surface area (Å²) in [7, 11) is 0. The maximum atomic E-state index is 12.5. The van der Waals surface area contributed by atoms with Gasteiger partial charge in [-0.15, -0.1) is 0 Å². The maximum absolute atomic E-state index is 12.5. The zero-order chi connectivity index (χ0) is 22.7. The van der Waals surface area contributed by atoms with Crippen molar-refractivity contribution in [1.82, 2.24) is 10.6 Å². The number of phenols is 1. The third-order valence-corrected chi connectivity index (χ3v) is 4.88. The quantitative estimate of drug-likeness (QED) is 0.244. The topological polar surface area (TPSA) is 179 Å². The number of rotatable bonds is 13. The number of carboxylic acids is 2. The van der Waals surface area contributed by atoms with Crippen molar-refractivity contribution in [3.05, 3.63) is 29.8 Å². The lowest BCUT2D eigenvalue weighted by Gasteiger charge is -2.22. The molecule has 10 nitrogen and oxygen atoms in total. The summed E-state index contributed by atoms with van der Waals surface area (Å²) in [4.78, 5) is 47.0. The van der Waals surface area contributed by atoms with Gasteiger partial charge in [0, 0.05) is 6.42 Å². The van der Waals surface area contributed by atoms with Crippen molar-refractivity contribution >= 4 is 35.5 Å². The van der Waals surface area contributed by atoms with Crippen LogP contribution < -0.4 is 16.4 Å². The standard InChI is InChI=1S/C19H27N3O7S/c1-30-9-8-14(18(27)22-15(19(28)29)6-7-16(24)25)21-17(26)13(20)10-11-2-4-12(23)5-3-11/h2-5,13-15,23H,6-10,20H2,1H3,(H,21,26)(H,22,27)(H,24,25)(H,28,29)/t13-,14-,15-/m0/s1. The van der Waals surface area contributed by atoms with E-state index in [1.54, 1.807) is 12.1 Å². The monoisotopic (exact) mass is 441 g/mol. The third kappa shape index (κ3) is 9.14. The molecule has 2 amide bonds. The Balaban J connectivity index is 2.76. The van der Waals surface area contributed by atoms with E-state index in [-0.39, 0.29) is 25.0 Å². The largest absolute Gasteiger partial charge is 0.508 e. The van der Waals surface area contributed by atoms with E-state index in [0.29, 0.717) is 5.75 Å². The van der Waals surface area contributed by atoms with E-state index in [4.69, 9.17) is 10.8 Å². The minimum absolute atomic E-state index is 0.0847. The molecule has 0 aliphatic heterocycles. The van der Waals surface area contributed by atoms with Gasteiger partial charge in [-0.25, -0.2) is 4.79 Å². The molecule has 0 aliphatic rings. The van der Waals surface area contributed by atoms with Gasteiger partial charge in [0.25, 0.3) is 0 Å². The first kappa shape index (κ1) is 25.2. The van der Waals surface area contributed by atoms with Gasteiger partial charge < -0.3 is 31.7 Å². The van der Waals surface area contributed by atoms with Crippen molar-refractivity contribution in [3.8, 4) is 5.75 Å². The molecule has 0 unspecified atom stereocenters. The average molecular weight is 442 g/mol. The van der Waals surface area contributed by atoms with Gasteiger partial charge in [-0.2, -0.15) is 11.8 Å².